The average molecular weight is 311 g/mol. The molecule has 0 saturated heterocycles. The minimum absolute atomic E-state index is 0.0429. The van der Waals surface area contributed by atoms with Crippen LogP contribution >= 0.6 is 11.6 Å². The van der Waals surface area contributed by atoms with Crippen LogP contribution in [0.25, 0.3) is 5.65 Å². The minimum atomic E-state index is -0.516. The molecule has 7 heteroatoms. The molecular weight excluding hydrogens is 292 g/mol. The molecule has 0 aliphatic carbocycles. The van der Waals surface area contributed by atoms with Crippen LogP contribution in [-0.4, -0.2) is 27.0 Å². The van der Waals surface area contributed by atoms with Gasteiger partial charge in [0, 0.05) is 0 Å². The second kappa shape index (κ2) is 7.28. The first kappa shape index (κ1) is 15.6. The summed E-state index contributed by atoms with van der Waals surface area (Å²) in [5.41, 5.74) is 3.28. The van der Waals surface area contributed by atoms with Crippen LogP contribution in [0.15, 0.2) is 18.2 Å². The number of imidazole rings is 1. The van der Waals surface area contributed by atoms with Gasteiger partial charge in [-0.1, -0.05) is 37.4 Å². The van der Waals surface area contributed by atoms with E-state index in [2.05, 4.69) is 17.2 Å². The zero-order valence-electron chi connectivity index (χ0n) is 11.9. The third-order valence-electron chi connectivity index (χ3n) is 3.25. The zero-order chi connectivity index (χ0) is 15.2. The fourth-order valence-corrected chi connectivity index (χ4v) is 2.49. The van der Waals surface area contributed by atoms with E-state index in [1.807, 2.05) is 22.6 Å². The van der Waals surface area contributed by atoms with E-state index >= 15 is 0 Å². The number of hydroxylamine groups is 1. The van der Waals surface area contributed by atoms with E-state index in [1.54, 1.807) is 5.48 Å². The maximum absolute atomic E-state index is 11.2. The summed E-state index contributed by atoms with van der Waals surface area (Å²) >= 11 is 6.25. The van der Waals surface area contributed by atoms with Gasteiger partial charge >= 0.3 is 0 Å². The molecule has 0 aliphatic heterocycles. The maximum atomic E-state index is 11.2. The van der Waals surface area contributed by atoms with Crippen LogP contribution in [-0.2, 0) is 11.2 Å². The van der Waals surface area contributed by atoms with Crippen LogP contribution in [0.1, 0.15) is 31.9 Å². The highest BCUT2D eigenvalue weighted by Crippen LogP contribution is 2.24. The topological polar surface area (TPSA) is 78.7 Å². The van der Waals surface area contributed by atoms with E-state index in [-0.39, 0.29) is 6.54 Å². The summed E-state index contributed by atoms with van der Waals surface area (Å²) in [5.74, 6) is 0.112. The molecule has 3 N–H and O–H groups in total. The first-order valence-electron chi connectivity index (χ1n) is 7.00. The smallest absolute Gasteiger partial charge is 0.262 e. The summed E-state index contributed by atoms with van der Waals surface area (Å²) in [6, 6.07) is 5.51. The summed E-state index contributed by atoms with van der Waals surface area (Å²) in [6.07, 6.45) is 4.09. The van der Waals surface area contributed by atoms with Gasteiger partial charge in [0.15, 0.2) is 0 Å². The number of anilines is 1. The highest BCUT2D eigenvalue weighted by Gasteiger charge is 2.14. The Bertz CT molecular complexity index is 627. The lowest BCUT2D eigenvalue weighted by Gasteiger charge is -2.07. The first-order chi connectivity index (χ1) is 10.2. The normalized spacial score (nSPS) is 10.8. The summed E-state index contributed by atoms with van der Waals surface area (Å²) in [6.45, 7) is 2.10. The van der Waals surface area contributed by atoms with Crippen molar-refractivity contribution in [3.05, 3.63) is 29.0 Å². The lowest BCUT2D eigenvalue weighted by Crippen LogP contribution is -2.27. The van der Waals surface area contributed by atoms with Gasteiger partial charge in [0.1, 0.15) is 16.6 Å². The molecule has 6 nitrogen and oxygen atoms in total. The van der Waals surface area contributed by atoms with Crippen LogP contribution in [0.5, 0.6) is 0 Å². The molecule has 2 rings (SSSR count). The molecule has 2 aromatic rings. The molecule has 0 fully saturated rings. The largest absolute Gasteiger partial charge is 0.359 e. The van der Waals surface area contributed by atoms with E-state index in [1.165, 1.54) is 0 Å². The molecule has 1 amide bonds. The number of hydrogen-bond donors (Lipinski definition) is 3. The number of nitrogens with one attached hydrogen (secondary N) is 2. The fraction of sp³-hybridized carbons (Fsp3) is 0.429. The van der Waals surface area contributed by atoms with E-state index < -0.39 is 5.91 Å². The zero-order valence-corrected chi connectivity index (χ0v) is 12.7. The van der Waals surface area contributed by atoms with E-state index in [0.717, 1.165) is 37.0 Å². The van der Waals surface area contributed by atoms with Crippen molar-refractivity contribution in [3.63, 3.8) is 0 Å². The Balaban J connectivity index is 2.31. The molecule has 2 aromatic heterocycles. The summed E-state index contributed by atoms with van der Waals surface area (Å²) < 4.78 is 1.89. The molecule has 0 saturated carbocycles. The number of hydrogen-bond acceptors (Lipinski definition) is 4. The van der Waals surface area contributed by atoms with Crippen molar-refractivity contribution in [1.82, 2.24) is 14.9 Å². The molecule has 21 heavy (non-hydrogen) atoms. The number of nitrogens with zero attached hydrogens (tertiary/aromatic N) is 2. The van der Waals surface area contributed by atoms with Crippen molar-refractivity contribution in [2.75, 3.05) is 11.9 Å². The van der Waals surface area contributed by atoms with Gasteiger partial charge in [0.05, 0.1) is 12.2 Å². The van der Waals surface area contributed by atoms with Crippen LogP contribution in [0.4, 0.5) is 5.82 Å². The molecule has 0 unspecified atom stereocenters. The second-order valence-electron chi connectivity index (χ2n) is 4.79. The number of aryl methyl sites for hydroxylation is 1. The molecule has 0 aromatic carbocycles. The number of rotatable bonds is 7. The van der Waals surface area contributed by atoms with Crippen molar-refractivity contribution >= 4 is 29.0 Å². The molecule has 114 valence electrons. The van der Waals surface area contributed by atoms with Gasteiger partial charge < -0.3 is 5.32 Å². The summed E-state index contributed by atoms with van der Waals surface area (Å²) in [7, 11) is 0. The van der Waals surface area contributed by atoms with Gasteiger partial charge in [-0.25, -0.2) is 10.5 Å². The Morgan fingerprint density at radius 1 is 1.43 bits per heavy atom. The van der Waals surface area contributed by atoms with E-state index in [9.17, 15) is 4.79 Å². The van der Waals surface area contributed by atoms with Gasteiger partial charge in [-0.15, -0.1) is 0 Å². The van der Waals surface area contributed by atoms with Crippen molar-refractivity contribution < 1.29 is 10.0 Å². The third kappa shape index (κ3) is 3.65. The van der Waals surface area contributed by atoms with Gasteiger partial charge in [-0.3, -0.25) is 14.4 Å². The standard InChI is InChI=1S/C14H19ClN4O2/c1-2-3-4-6-10-14(16-9-13(20)18-21)17-12-8-5-7-11(15)19(10)12/h5,7-8,16,21H,2-4,6,9H2,1H3,(H,18,20). The Kier molecular flexibility index (Phi) is 5.41. The molecule has 0 atom stereocenters. The average Bonchev–Trinajstić information content (AvgIpc) is 2.84. The van der Waals surface area contributed by atoms with Crippen molar-refractivity contribution in [3.8, 4) is 0 Å². The van der Waals surface area contributed by atoms with Crippen LogP contribution in [0.2, 0.25) is 5.15 Å². The quantitative estimate of drug-likeness (QED) is 0.318. The summed E-state index contributed by atoms with van der Waals surface area (Å²) in [5, 5.41) is 12.1. The number of carbonyl (C=O) groups excluding carboxylic acids is 1. The molecule has 0 bridgehead atoms. The van der Waals surface area contributed by atoms with Gasteiger partial charge in [0.2, 0.25) is 0 Å². The van der Waals surface area contributed by atoms with E-state index in [4.69, 9.17) is 16.8 Å². The SMILES string of the molecule is CCCCCc1c(NCC(=O)NO)nc2cccc(Cl)n12. The number of carbonyl (C=O) groups is 1. The molecule has 0 radical (unpaired) electrons. The van der Waals surface area contributed by atoms with Crippen LogP contribution in [0, 0.1) is 0 Å². The fourth-order valence-electron chi connectivity index (χ4n) is 2.23. The Hall–Kier alpha value is -1.79. The van der Waals surface area contributed by atoms with Gasteiger partial charge in [-0.05, 0) is 25.0 Å². The minimum Gasteiger partial charge on any atom is -0.359 e. The third-order valence-corrected chi connectivity index (χ3v) is 3.54. The molecule has 0 aliphatic rings. The lowest BCUT2D eigenvalue weighted by molar-refractivity contribution is -0.127. The number of amides is 1. The highest BCUT2D eigenvalue weighted by molar-refractivity contribution is 6.29. The van der Waals surface area contributed by atoms with Crippen LogP contribution in [0.3, 0.4) is 0 Å². The van der Waals surface area contributed by atoms with Crippen molar-refractivity contribution in [1.29, 1.82) is 0 Å². The predicted molar refractivity (Wildman–Crippen MR) is 81.8 cm³/mol. The molecular formula is C14H19ClN4O2. The predicted octanol–water partition coefficient (Wildman–Crippen LogP) is 2.64. The number of fused-ring (bicyclic) bond motifs is 1. The number of aromatic nitrogens is 2. The second-order valence-corrected chi connectivity index (χ2v) is 5.18. The number of unbranched alkanes of at least 4 members (excludes halogenated alkanes) is 2. The Morgan fingerprint density at radius 2 is 2.24 bits per heavy atom. The Labute approximate surface area is 128 Å². The Morgan fingerprint density at radius 3 is 2.95 bits per heavy atom. The lowest BCUT2D eigenvalue weighted by atomic mass is 10.1. The monoisotopic (exact) mass is 310 g/mol. The van der Waals surface area contributed by atoms with E-state index in [0.29, 0.717) is 11.0 Å². The summed E-state index contributed by atoms with van der Waals surface area (Å²) in [4.78, 5) is 15.6. The van der Waals surface area contributed by atoms with Crippen molar-refractivity contribution in [2.45, 2.75) is 32.6 Å². The van der Waals surface area contributed by atoms with Crippen molar-refractivity contribution in [2.24, 2.45) is 0 Å². The molecule has 0 spiro atoms. The number of pyridine rings is 1. The first-order valence-corrected chi connectivity index (χ1v) is 7.37. The van der Waals surface area contributed by atoms with Gasteiger partial charge in [-0.2, -0.15) is 0 Å². The van der Waals surface area contributed by atoms with Crippen LogP contribution < -0.4 is 10.8 Å². The maximum Gasteiger partial charge on any atom is 0.262 e. The molecule has 2 heterocycles. The number of halogens is 1. The van der Waals surface area contributed by atoms with Gasteiger partial charge in [0.25, 0.3) is 5.91 Å². The highest BCUT2D eigenvalue weighted by atomic mass is 35.5.